The van der Waals surface area contributed by atoms with Crippen molar-refractivity contribution in [1.82, 2.24) is 4.90 Å². The number of carbonyl (C=O) groups is 1. The van der Waals surface area contributed by atoms with E-state index in [1.54, 1.807) is 42.3 Å². The maximum absolute atomic E-state index is 13.2. The lowest BCUT2D eigenvalue weighted by Gasteiger charge is -2.19. The molecule has 1 saturated heterocycles. The Balaban J connectivity index is 1.48. The average Bonchev–Trinajstić information content (AvgIpc) is 3.28. The smallest absolute Gasteiger partial charge is 0.261 e. The molecule has 1 aliphatic heterocycles. The number of nitrogens with zero attached hydrogens (tertiary/aromatic N) is 1. The van der Waals surface area contributed by atoms with Crippen LogP contribution in [0.3, 0.4) is 0 Å². The molecular weight excluding hydrogens is 438 g/mol. The van der Waals surface area contributed by atoms with Gasteiger partial charge in [-0.2, -0.15) is 0 Å². The summed E-state index contributed by atoms with van der Waals surface area (Å²) in [6, 6.07) is 21.3. The van der Waals surface area contributed by atoms with Crippen molar-refractivity contribution >= 4 is 27.3 Å². The monoisotopic (exact) mass is 465 g/mol. The molecule has 33 heavy (non-hydrogen) atoms. The molecule has 0 aromatic heterocycles. The minimum atomic E-state index is -3.85. The van der Waals surface area contributed by atoms with Crippen LogP contribution >= 0.6 is 0 Å². The van der Waals surface area contributed by atoms with E-state index in [4.69, 9.17) is 4.74 Å². The quantitative estimate of drug-likeness (QED) is 0.548. The zero-order valence-corrected chi connectivity index (χ0v) is 19.4. The summed E-state index contributed by atoms with van der Waals surface area (Å²) in [7, 11) is -2.31. The first-order valence-electron chi connectivity index (χ1n) is 10.7. The lowest BCUT2D eigenvalue weighted by atomic mass is 10.1. The second kappa shape index (κ2) is 9.54. The molecule has 8 heteroatoms. The van der Waals surface area contributed by atoms with E-state index < -0.39 is 10.0 Å². The van der Waals surface area contributed by atoms with Gasteiger partial charge in [0.2, 0.25) is 0 Å². The predicted octanol–water partition coefficient (Wildman–Crippen LogP) is 4.13. The average molecular weight is 466 g/mol. The summed E-state index contributed by atoms with van der Waals surface area (Å²) in [5.41, 5.74) is 2.57. The SMILES string of the molecule is COc1ccc(NS(=O)(=O)c2ccc(C)c(C(=O)N3CCC(Nc4ccccc4)C3)c2)cc1. The zero-order valence-electron chi connectivity index (χ0n) is 18.6. The van der Waals surface area contributed by atoms with Gasteiger partial charge in [-0.3, -0.25) is 9.52 Å². The van der Waals surface area contributed by atoms with E-state index in [1.807, 2.05) is 37.3 Å². The number of rotatable bonds is 7. The molecule has 1 heterocycles. The van der Waals surface area contributed by atoms with Gasteiger partial charge in [0.1, 0.15) is 5.75 Å². The van der Waals surface area contributed by atoms with Gasteiger partial charge in [0.25, 0.3) is 15.9 Å². The van der Waals surface area contributed by atoms with Crippen LogP contribution in [0.25, 0.3) is 0 Å². The van der Waals surface area contributed by atoms with Crippen LogP contribution in [0, 0.1) is 6.92 Å². The fraction of sp³-hybridized carbons (Fsp3) is 0.240. The number of sulfonamides is 1. The van der Waals surface area contributed by atoms with Gasteiger partial charge in [-0.25, -0.2) is 8.42 Å². The van der Waals surface area contributed by atoms with Crippen molar-refractivity contribution in [3.05, 3.63) is 83.9 Å². The number of methoxy groups -OCH3 is 1. The number of ether oxygens (including phenoxy) is 1. The molecule has 1 amide bonds. The van der Waals surface area contributed by atoms with Crippen molar-refractivity contribution in [3.8, 4) is 5.75 Å². The van der Waals surface area contributed by atoms with Crippen LogP contribution in [0.2, 0.25) is 0 Å². The predicted molar refractivity (Wildman–Crippen MR) is 129 cm³/mol. The van der Waals surface area contributed by atoms with Crippen LogP contribution < -0.4 is 14.8 Å². The van der Waals surface area contributed by atoms with Crippen molar-refractivity contribution < 1.29 is 17.9 Å². The van der Waals surface area contributed by atoms with Crippen molar-refractivity contribution in [2.45, 2.75) is 24.3 Å². The normalized spacial score (nSPS) is 15.8. The highest BCUT2D eigenvalue weighted by atomic mass is 32.2. The third-order valence-electron chi connectivity index (χ3n) is 5.71. The zero-order chi connectivity index (χ0) is 23.4. The molecule has 172 valence electrons. The summed E-state index contributed by atoms with van der Waals surface area (Å²) < 4.78 is 33.5. The number of para-hydroxylation sites is 1. The Bertz CT molecular complexity index is 1230. The minimum absolute atomic E-state index is 0.0467. The molecule has 0 radical (unpaired) electrons. The van der Waals surface area contributed by atoms with Crippen molar-refractivity contribution in [2.24, 2.45) is 0 Å². The van der Waals surface area contributed by atoms with Crippen LogP contribution in [-0.2, 0) is 10.0 Å². The molecule has 2 N–H and O–H groups in total. The maximum Gasteiger partial charge on any atom is 0.261 e. The molecule has 1 unspecified atom stereocenters. The fourth-order valence-corrected chi connectivity index (χ4v) is 4.96. The van der Waals surface area contributed by atoms with Crippen molar-refractivity contribution in [3.63, 3.8) is 0 Å². The third kappa shape index (κ3) is 5.28. The van der Waals surface area contributed by atoms with Gasteiger partial charge in [-0.15, -0.1) is 0 Å². The molecule has 0 bridgehead atoms. The molecule has 4 rings (SSSR count). The topological polar surface area (TPSA) is 87.7 Å². The van der Waals surface area contributed by atoms with E-state index in [9.17, 15) is 13.2 Å². The first-order valence-corrected chi connectivity index (χ1v) is 12.2. The van der Waals surface area contributed by atoms with Gasteiger partial charge >= 0.3 is 0 Å². The van der Waals surface area contributed by atoms with Gasteiger partial charge in [0.05, 0.1) is 12.0 Å². The Morgan fingerprint density at radius 2 is 1.73 bits per heavy atom. The number of nitrogens with one attached hydrogen (secondary N) is 2. The minimum Gasteiger partial charge on any atom is -0.497 e. The Labute approximate surface area is 194 Å². The number of aryl methyl sites for hydroxylation is 1. The number of amides is 1. The summed E-state index contributed by atoms with van der Waals surface area (Å²) in [5, 5.41) is 3.45. The van der Waals surface area contributed by atoms with Crippen molar-refractivity contribution in [1.29, 1.82) is 0 Å². The first kappa shape index (κ1) is 22.7. The molecule has 3 aromatic rings. The van der Waals surface area contributed by atoms with Crippen LogP contribution in [0.4, 0.5) is 11.4 Å². The molecule has 7 nitrogen and oxygen atoms in total. The largest absolute Gasteiger partial charge is 0.497 e. The van der Waals surface area contributed by atoms with Crippen LogP contribution in [0.5, 0.6) is 5.75 Å². The molecule has 0 saturated carbocycles. The number of hydrogen-bond acceptors (Lipinski definition) is 5. The number of likely N-dealkylation sites (tertiary alicyclic amines) is 1. The third-order valence-corrected chi connectivity index (χ3v) is 7.09. The number of benzene rings is 3. The summed E-state index contributed by atoms with van der Waals surface area (Å²) in [6.07, 6.45) is 0.830. The van der Waals surface area contributed by atoms with E-state index in [0.29, 0.717) is 30.1 Å². The van der Waals surface area contributed by atoms with E-state index in [0.717, 1.165) is 17.7 Å². The lowest BCUT2D eigenvalue weighted by molar-refractivity contribution is 0.0790. The second-order valence-electron chi connectivity index (χ2n) is 8.06. The first-order chi connectivity index (χ1) is 15.9. The van der Waals surface area contributed by atoms with Crippen LogP contribution in [-0.4, -0.2) is 45.5 Å². The Morgan fingerprint density at radius 1 is 1.00 bits per heavy atom. The molecule has 1 atom stereocenters. The number of hydrogen-bond donors (Lipinski definition) is 2. The van der Waals surface area contributed by atoms with E-state index >= 15 is 0 Å². The fourth-order valence-electron chi connectivity index (χ4n) is 3.87. The Kier molecular flexibility index (Phi) is 6.55. The highest BCUT2D eigenvalue weighted by Gasteiger charge is 2.28. The van der Waals surface area contributed by atoms with Gasteiger partial charge in [-0.05, 0) is 67.4 Å². The van der Waals surface area contributed by atoms with E-state index in [2.05, 4.69) is 10.0 Å². The van der Waals surface area contributed by atoms with Gasteiger partial charge < -0.3 is 15.0 Å². The second-order valence-corrected chi connectivity index (χ2v) is 9.74. The van der Waals surface area contributed by atoms with E-state index in [1.165, 1.54) is 12.1 Å². The standard InChI is InChI=1S/C25H27N3O4S/c1-18-8-13-23(33(30,31)27-20-9-11-22(32-2)12-10-20)16-24(18)25(29)28-15-14-21(17-28)26-19-6-4-3-5-7-19/h3-13,16,21,26-27H,14-15,17H2,1-2H3. The highest BCUT2D eigenvalue weighted by Crippen LogP contribution is 2.24. The number of anilines is 2. The van der Waals surface area contributed by atoms with Crippen LogP contribution in [0.1, 0.15) is 22.3 Å². The lowest BCUT2D eigenvalue weighted by Crippen LogP contribution is -2.32. The van der Waals surface area contributed by atoms with Gasteiger partial charge in [0, 0.05) is 36.1 Å². The van der Waals surface area contributed by atoms with Gasteiger partial charge in [-0.1, -0.05) is 24.3 Å². The molecule has 1 fully saturated rings. The summed E-state index contributed by atoms with van der Waals surface area (Å²) in [5.74, 6) is 0.471. The highest BCUT2D eigenvalue weighted by molar-refractivity contribution is 7.92. The summed E-state index contributed by atoms with van der Waals surface area (Å²) in [6.45, 7) is 2.99. The Morgan fingerprint density at radius 3 is 2.42 bits per heavy atom. The summed E-state index contributed by atoms with van der Waals surface area (Å²) in [4.78, 5) is 15.1. The molecule has 0 aliphatic carbocycles. The Hall–Kier alpha value is -3.52. The molecular formula is C25H27N3O4S. The van der Waals surface area contributed by atoms with Crippen molar-refractivity contribution in [2.75, 3.05) is 30.2 Å². The molecule has 3 aromatic carbocycles. The molecule has 1 aliphatic rings. The molecule has 0 spiro atoms. The summed E-state index contributed by atoms with van der Waals surface area (Å²) >= 11 is 0. The van der Waals surface area contributed by atoms with E-state index in [-0.39, 0.29) is 16.8 Å². The maximum atomic E-state index is 13.2. The van der Waals surface area contributed by atoms with Crippen LogP contribution in [0.15, 0.2) is 77.7 Å². The number of carbonyl (C=O) groups excluding carboxylic acids is 1. The van der Waals surface area contributed by atoms with Gasteiger partial charge in [0.15, 0.2) is 0 Å².